The lowest BCUT2D eigenvalue weighted by Crippen LogP contribution is -2.28. The van der Waals surface area contributed by atoms with Crippen LogP contribution in [0, 0.1) is 16.7 Å². The van der Waals surface area contributed by atoms with E-state index in [0.717, 1.165) is 0 Å². The van der Waals surface area contributed by atoms with Gasteiger partial charge in [-0.15, -0.1) is 0 Å². The van der Waals surface area contributed by atoms with E-state index in [4.69, 9.17) is 14.2 Å². The van der Waals surface area contributed by atoms with Crippen molar-refractivity contribution in [1.29, 1.82) is 0 Å². The van der Waals surface area contributed by atoms with Crippen molar-refractivity contribution in [2.75, 3.05) is 31.8 Å². The predicted octanol–water partition coefficient (Wildman–Crippen LogP) is 3.47. The first-order valence-corrected chi connectivity index (χ1v) is 10.1. The Morgan fingerprint density at radius 2 is 1.54 bits per heavy atom. The van der Waals surface area contributed by atoms with E-state index < -0.39 is 10.8 Å². The van der Waals surface area contributed by atoms with Crippen molar-refractivity contribution in [2.24, 2.45) is 16.7 Å². The molecule has 26 heavy (non-hydrogen) atoms. The molecule has 1 atom stereocenters. The fourth-order valence-electron chi connectivity index (χ4n) is 1.73. The maximum absolute atomic E-state index is 11.9. The standard InChI is InChI=1S/C19H34O6S/c1-8-18(3,4)17(22)25-12-14(2)11-24-15(20)9-10-26-13-19(5,6)16(21)23-7/h14H,8-13H2,1-7H3. The number of esters is 3. The van der Waals surface area contributed by atoms with E-state index in [1.54, 1.807) is 0 Å². The Labute approximate surface area is 161 Å². The van der Waals surface area contributed by atoms with E-state index in [-0.39, 0.29) is 43.5 Å². The van der Waals surface area contributed by atoms with Gasteiger partial charge in [-0.05, 0) is 34.1 Å². The predicted molar refractivity (Wildman–Crippen MR) is 103 cm³/mol. The minimum atomic E-state index is -0.575. The molecule has 0 aromatic rings. The van der Waals surface area contributed by atoms with Crippen LogP contribution in [-0.2, 0) is 28.6 Å². The average molecular weight is 391 g/mol. The Balaban J connectivity index is 3.95. The van der Waals surface area contributed by atoms with E-state index >= 15 is 0 Å². The number of rotatable bonds is 12. The molecule has 6 nitrogen and oxygen atoms in total. The Bertz CT molecular complexity index is 473. The lowest BCUT2D eigenvalue weighted by atomic mass is 9.91. The second kappa shape index (κ2) is 11.5. The summed E-state index contributed by atoms with van der Waals surface area (Å²) in [4.78, 5) is 35.2. The average Bonchev–Trinajstić information content (AvgIpc) is 2.60. The van der Waals surface area contributed by atoms with Gasteiger partial charge in [-0.2, -0.15) is 11.8 Å². The van der Waals surface area contributed by atoms with E-state index in [1.165, 1.54) is 18.9 Å². The topological polar surface area (TPSA) is 78.9 Å². The fraction of sp³-hybridized carbons (Fsp3) is 0.842. The largest absolute Gasteiger partial charge is 0.469 e. The van der Waals surface area contributed by atoms with Crippen LogP contribution in [0.3, 0.4) is 0 Å². The lowest BCUT2D eigenvalue weighted by molar-refractivity contribution is -0.156. The number of thioether (sulfide) groups is 1. The second-order valence-electron chi connectivity index (χ2n) is 7.80. The third-order valence-electron chi connectivity index (χ3n) is 4.12. The zero-order chi connectivity index (χ0) is 20.4. The van der Waals surface area contributed by atoms with Crippen molar-refractivity contribution in [3.05, 3.63) is 0 Å². The number of carbonyl (C=O) groups is 3. The molecule has 152 valence electrons. The first-order chi connectivity index (χ1) is 12.0. The minimum absolute atomic E-state index is 0.0542. The molecular weight excluding hydrogens is 356 g/mol. The van der Waals surface area contributed by atoms with Crippen LogP contribution in [0.5, 0.6) is 0 Å². The fourth-order valence-corrected chi connectivity index (χ4v) is 2.81. The van der Waals surface area contributed by atoms with Crippen molar-refractivity contribution < 1.29 is 28.6 Å². The molecular formula is C19H34O6S. The molecule has 0 aliphatic carbocycles. The normalized spacial score (nSPS) is 13.0. The van der Waals surface area contributed by atoms with Crippen LogP contribution in [0.1, 0.15) is 54.4 Å². The Morgan fingerprint density at radius 3 is 2.08 bits per heavy atom. The van der Waals surface area contributed by atoms with Crippen LogP contribution in [0.25, 0.3) is 0 Å². The summed E-state index contributed by atoms with van der Waals surface area (Å²) in [5.74, 6) is 0.312. The van der Waals surface area contributed by atoms with Crippen molar-refractivity contribution in [2.45, 2.75) is 54.4 Å². The first kappa shape index (κ1) is 24.8. The maximum atomic E-state index is 11.9. The summed E-state index contributed by atoms with van der Waals surface area (Å²) < 4.78 is 15.2. The van der Waals surface area contributed by atoms with Crippen molar-refractivity contribution in [3.63, 3.8) is 0 Å². The van der Waals surface area contributed by atoms with Crippen molar-refractivity contribution in [1.82, 2.24) is 0 Å². The summed E-state index contributed by atoms with van der Waals surface area (Å²) in [6.45, 7) is 11.6. The van der Waals surface area contributed by atoms with Gasteiger partial charge in [0, 0.05) is 17.4 Å². The summed E-state index contributed by atoms with van der Waals surface area (Å²) >= 11 is 1.51. The zero-order valence-corrected chi connectivity index (χ0v) is 18.0. The molecule has 0 aliphatic rings. The van der Waals surface area contributed by atoms with E-state index in [9.17, 15) is 14.4 Å². The van der Waals surface area contributed by atoms with E-state index in [0.29, 0.717) is 17.9 Å². The molecule has 0 radical (unpaired) electrons. The number of methoxy groups -OCH3 is 1. The zero-order valence-electron chi connectivity index (χ0n) is 17.2. The Kier molecular flexibility index (Phi) is 10.9. The van der Waals surface area contributed by atoms with Gasteiger partial charge in [0.2, 0.25) is 0 Å². The molecule has 0 saturated heterocycles. The van der Waals surface area contributed by atoms with Crippen LogP contribution in [-0.4, -0.2) is 49.7 Å². The third-order valence-corrected chi connectivity index (χ3v) is 5.53. The maximum Gasteiger partial charge on any atom is 0.312 e. The summed E-state index contributed by atoms with van der Waals surface area (Å²) in [5.41, 5.74) is -1.07. The quantitative estimate of drug-likeness (QED) is 0.287. The van der Waals surface area contributed by atoms with Gasteiger partial charge in [-0.3, -0.25) is 14.4 Å². The molecule has 0 spiro atoms. The van der Waals surface area contributed by atoms with Crippen LogP contribution in [0.4, 0.5) is 0 Å². The molecule has 0 aromatic heterocycles. The minimum Gasteiger partial charge on any atom is -0.469 e. The highest BCUT2D eigenvalue weighted by molar-refractivity contribution is 7.99. The molecule has 0 rings (SSSR count). The molecule has 0 heterocycles. The highest BCUT2D eigenvalue weighted by Gasteiger charge is 2.29. The molecule has 0 aromatic carbocycles. The summed E-state index contributed by atoms with van der Waals surface area (Å²) in [5, 5.41) is 0. The highest BCUT2D eigenvalue weighted by atomic mass is 32.2. The first-order valence-electron chi connectivity index (χ1n) is 8.95. The second-order valence-corrected chi connectivity index (χ2v) is 8.91. The molecule has 0 saturated carbocycles. The van der Waals surface area contributed by atoms with Crippen LogP contribution >= 0.6 is 11.8 Å². The summed E-state index contributed by atoms with van der Waals surface area (Å²) in [7, 11) is 1.37. The van der Waals surface area contributed by atoms with Gasteiger partial charge in [-0.1, -0.05) is 13.8 Å². The van der Waals surface area contributed by atoms with Gasteiger partial charge in [0.25, 0.3) is 0 Å². The van der Waals surface area contributed by atoms with E-state index in [2.05, 4.69) is 0 Å². The van der Waals surface area contributed by atoms with Gasteiger partial charge < -0.3 is 14.2 Å². The van der Waals surface area contributed by atoms with E-state index in [1.807, 2.05) is 41.5 Å². The molecule has 7 heteroatoms. The molecule has 0 aliphatic heterocycles. The Hall–Kier alpha value is -1.24. The smallest absolute Gasteiger partial charge is 0.312 e. The van der Waals surface area contributed by atoms with Crippen LogP contribution < -0.4 is 0 Å². The molecule has 1 unspecified atom stereocenters. The van der Waals surface area contributed by atoms with Gasteiger partial charge in [0.15, 0.2) is 0 Å². The van der Waals surface area contributed by atoms with Gasteiger partial charge in [0.1, 0.15) is 0 Å². The van der Waals surface area contributed by atoms with Gasteiger partial charge in [0.05, 0.1) is 37.6 Å². The van der Waals surface area contributed by atoms with Crippen LogP contribution in [0.15, 0.2) is 0 Å². The number of carbonyl (C=O) groups excluding carboxylic acids is 3. The number of ether oxygens (including phenoxy) is 3. The third kappa shape index (κ3) is 9.46. The number of hydrogen-bond acceptors (Lipinski definition) is 7. The van der Waals surface area contributed by atoms with Crippen molar-refractivity contribution in [3.8, 4) is 0 Å². The highest BCUT2D eigenvalue weighted by Crippen LogP contribution is 2.24. The molecule has 0 fully saturated rings. The lowest BCUT2D eigenvalue weighted by Gasteiger charge is -2.22. The van der Waals surface area contributed by atoms with Crippen LogP contribution in [0.2, 0.25) is 0 Å². The summed E-state index contributed by atoms with van der Waals surface area (Å²) in [6, 6.07) is 0. The molecule has 0 N–H and O–H groups in total. The monoisotopic (exact) mass is 390 g/mol. The number of hydrogen-bond donors (Lipinski definition) is 0. The van der Waals surface area contributed by atoms with Crippen molar-refractivity contribution >= 4 is 29.7 Å². The molecule has 0 amide bonds. The Morgan fingerprint density at radius 1 is 0.962 bits per heavy atom. The summed E-state index contributed by atoms with van der Waals surface area (Å²) in [6.07, 6.45) is 0.983. The SMILES string of the molecule is CCC(C)(C)C(=O)OCC(C)COC(=O)CCSCC(C)(C)C(=O)OC. The van der Waals surface area contributed by atoms with Gasteiger partial charge >= 0.3 is 17.9 Å². The molecule has 0 bridgehead atoms. The van der Waals surface area contributed by atoms with Gasteiger partial charge in [-0.25, -0.2) is 0 Å².